The van der Waals surface area contributed by atoms with E-state index in [0.717, 1.165) is 19.1 Å². The van der Waals surface area contributed by atoms with Gasteiger partial charge in [-0.05, 0) is 101 Å². The number of sulfone groups is 1. The standard InChI is InChI=1S/C20H23ClO7S.C18H16ClNO5.C15H18N4O7S/c1-29(25,26)17-8-7-13(20(24)18-15(22)5-2-6-16(18)23)19(21)14(17)11-27-10-12-4-3-9-28-12;1-3-22-17(21)11(2)23-13-5-7-14(8-6-13)24-18-20-15-9-4-12(19)10-16(15)25-18;1-4-25-10-7-5-6-8-11(10)26-27(21,22)19-15(20)18-14-16-12(23-2)9-13(17-14)24-3/h7-8,12,18H,2-6,9-11H2,1H3;4-11H,3H2,1-2H3;5-9H,4H2,1-3H3,(H2,16,17,18,19,20). The van der Waals surface area contributed by atoms with Gasteiger partial charge in [0.05, 0.1) is 62.7 Å². The lowest BCUT2D eigenvalue weighted by molar-refractivity contribution is -0.150. The average molecular weight is 1200 g/mol. The maximum absolute atomic E-state index is 12.9. The number of halogens is 2. The minimum atomic E-state index is -4.49. The van der Waals surface area contributed by atoms with Crippen molar-refractivity contribution in [1.82, 2.24) is 19.7 Å². The number of oxazole rings is 1. The molecule has 0 spiro atoms. The molecule has 81 heavy (non-hydrogen) atoms. The molecule has 2 aromatic heterocycles. The Bertz CT molecular complexity index is 3390. The van der Waals surface area contributed by atoms with Crippen LogP contribution in [0.1, 0.15) is 68.8 Å². The number of hydrogen-bond donors (Lipinski definition) is 2. The van der Waals surface area contributed by atoms with E-state index in [1.54, 1.807) is 80.1 Å². The molecule has 4 aromatic carbocycles. The number of rotatable bonds is 21. The zero-order chi connectivity index (χ0) is 58.9. The van der Waals surface area contributed by atoms with Gasteiger partial charge in [0.25, 0.3) is 0 Å². The maximum atomic E-state index is 12.9. The first kappa shape index (κ1) is 62.6. The van der Waals surface area contributed by atoms with Crippen LogP contribution in [0.25, 0.3) is 11.1 Å². The molecule has 1 saturated carbocycles. The number of amides is 2. The third-order valence-corrected chi connectivity index (χ3v) is 14.1. The van der Waals surface area contributed by atoms with E-state index in [9.17, 15) is 40.8 Å². The van der Waals surface area contributed by atoms with Crippen molar-refractivity contribution >= 4 is 89.7 Å². The van der Waals surface area contributed by atoms with Gasteiger partial charge in [-0.3, -0.25) is 19.7 Å². The van der Waals surface area contributed by atoms with Crippen molar-refractivity contribution in [3.8, 4) is 40.8 Å². The third-order valence-electron chi connectivity index (χ3n) is 11.4. The number of ether oxygens (including phenoxy) is 8. The Balaban J connectivity index is 0.000000196. The van der Waals surface area contributed by atoms with Gasteiger partial charge in [0, 0.05) is 47.9 Å². The van der Waals surface area contributed by atoms with Crippen molar-refractivity contribution in [2.45, 2.75) is 76.6 Å². The van der Waals surface area contributed by atoms with Gasteiger partial charge in [0.15, 0.2) is 50.4 Å². The largest absolute Gasteiger partial charge is 0.490 e. The molecular weight excluding hydrogens is 1150 g/mol. The van der Waals surface area contributed by atoms with Crippen LogP contribution < -0.4 is 37.9 Å². The fourth-order valence-corrected chi connectivity index (χ4v) is 9.81. The Morgan fingerprint density at radius 1 is 0.815 bits per heavy atom. The van der Waals surface area contributed by atoms with Gasteiger partial charge < -0.3 is 46.5 Å². The number of nitrogens with one attached hydrogen (secondary N) is 2. The maximum Gasteiger partial charge on any atom is 0.411 e. The Morgan fingerprint density at radius 3 is 2.10 bits per heavy atom. The second-order valence-electron chi connectivity index (χ2n) is 17.3. The second-order valence-corrected chi connectivity index (χ2v) is 21.4. The number of urea groups is 1. The number of carbonyl (C=O) groups excluding carboxylic acids is 5. The van der Waals surface area contributed by atoms with Crippen LogP contribution in [0.5, 0.6) is 40.8 Å². The number of benzene rings is 4. The van der Waals surface area contributed by atoms with Crippen LogP contribution in [-0.2, 0) is 55.3 Å². The van der Waals surface area contributed by atoms with Gasteiger partial charge in [-0.1, -0.05) is 35.3 Å². The van der Waals surface area contributed by atoms with E-state index in [-0.39, 0.29) is 88.5 Å². The first-order valence-electron chi connectivity index (χ1n) is 24.8. The Morgan fingerprint density at radius 2 is 1.48 bits per heavy atom. The molecule has 2 atom stereocenters. The van der Waals surface area contributed by atoms with Crippen molar-refractivity contribution in [3.05, 3.63) is 106 Å². The van der Waals surface area contributed by atoms with E-state index in [4.69, 9.17) is 69.7 Å². The van der Waals surface area contributed by atoms with E-state index >= 15 is 0 Å². The molecule has 1 saturated heterocycles. The number of esters is 1. The highest BCUT2D eigenvalue weighted by atomic mass is 35.5. The Labute approximate surface area is 476 Å². The molecule has 0 bridgehead atoms. The fraction of sp³-hybridized carbons (Fsp3) is 0.358. The molecule has 2 aliphatic rings. The SMILES string of the molecule is CCOC(=O)C(C)Oc1ccc(Oc2nc3ccc(Cl)cc3o2)cc1.CCOc1ccccc1OS(=O)(=O)NC(=O)Nc1nc(OC)cc(OC)n1.CS(=O)(=O)c1ccc(C(=O)C2C(=O)CCCC2=O)c(Cl)c1COCC1CCCO1. The van der Waals surface area contributed by atoms with Gasteiger partial charge >= 0.3 is 28.4 Å². The minimum Gasteiger partial charge on any atom is -0.490 e. The molecule has 2 fully saturated rings. The van der Waals surface area contributed by atoms with E-state index in [1.165, 1.54) is 44.6 Å². The molecule has 2 N–H and O–H groups in total. The number of carbonyl (C=O) groups is 5. The van der Waals surface area contributed by atoms with Gasteiger partial charge in [0.1, 0.15) is 22.9 Å². The molecular formula is C53H57Cl2N5O19S2. The van der Waals surface area contributed by atoms with Gasteiger partial charge in [-0.2, -0.15) is 23.4 Å². The predicted octanol–water partition coefficient (Wildman–Crippen LogP) is 8.50. The van der Waals surface area contributed by atoms with Crippen molar-refractivity contribution in [3.63, 3.8) is 0 Å². The summed E-state index contributed by atoms with van der Waals surface area (Å²) in [6, 6.07) is 20.8. The topological polar surface area (TPSA) is 313 Å². The second kappa shape index (κ2) is 29.2. The van der Waals surface area contributed by atoms with E-state index in [0.29, 0.717) is 53.9 Å². The van der Waals surface area contributed by atoms with Crippen molar-refractivity contribution in [1.29, 1.82) is 0 Å². The minimum absolute atomic E-state index is 0.0385. The first-order valence-corrected chi connectivity index (χ1v) is 28.9. The normalized spacial score (nSPS) is 14.7. The molecule has 8 rings (SSSR count). The number of methoxy groups -OCH3 is 2. The quantitative estimate of drug-likeness (QED) is 0.0387. The number of ketones is 3. The molecule has 28 heteroatoms. The Kier molecular flexibility index (Phi) is 22.6. The summed E-state index contributed by atoms with van der Waals surface area (Å²) in [6.45, 7) is 6.54. The van der Waals surface area contributed by atoms with E-state index < -0.39 is 61.5 Å². The number of hydrogen-bond acceptors (Lipinski definition) is 22. The highest BCUT2D eigenvalue weighted by molar-refractivity contribution is 7.90. The number of fused-ring (bicyclic) bond motifs is 1. The highest BCUT2D eigenvalue weighted by Gasteiger charge is 2.38. The fourth-order valence-electron chi connectivity index (χ4n) is 7.66. The van der Waals surface area contributed by atoms with Crippen LogP contribution in [0.4, 0.5) is 10.7 Å². The number of nitrogens with zero attached hydrogens (tertiary/aromatic N) is 3. The number of Topliss-reactive ketones (excluding diaryl/α,β-unsaturated/α-hetero) is 3. The van der Waals surface area contributed by atoms with Crippen LogP contribution in [0, 0.1) is 5.92 Å². The summed E-state index contributed by atoms with van der Waals surface area (Å²) in [5, 5.41) is 2.61. The Hall–Kier alpha value is -7.62. The van der Waals surface area contributed by atoms with E-state index in [2.05, 4.69) is 20.3 Å². The average Bonchev–Trinajstić information content (AvgIpc) is 4.17. The van der Waals surface area contributed by atoms with Crippen LogP contribution in [0.3, 0.4) is 0 Å². The molecule has 1 aliphatic carbocycles. The van der Waals surface area contributed by atoms with Crippen LogP contribution in [0.15, 0.2) is 94.2 Å². The summed E-state index contributed by atoms with van der Waals surface area (Å²) in [5.41, 5.74) is 1.31. The lowest BCUT2D eigenvalue weighted by Gasteiger charge is -2.20. The summed E-state index contributed by atoms with van der Waals surface area (Å²) in [6.07, 6.45) is 2.98. The monoisotopic (exact) mass is 1200 g/mol. The molecule has 2 unspecified atom stereocenters. The van der Waals surface area contributed by atoms with Crippen molar-refractivity contribution in [2.24, 2.45) is 5.92 Å². The molecule has 3 heterocycles. The van der Waals surface area contributed by atoms with Gasteiger partial charge in [-0.25, -0.2) is 22.7 Å². The number of para-hydroxylation sites is 2. The van der Waals surface area contributed by atoms with Crippen LogP contribution in [-0.4, -0.2) is 120 Å². The van der Waals surface area contributed by atoms with E-state index in [1.807, 2.05) is 0 Å². The molecule has 1 aliphatic heterocycles. The molecule has 434 valence electrons. The molecule has 2 amide bonds. The van der Waals surface area contributed by atoms with Gasteiger partial charge in [-0.15, -0.1) is 0 Å². The van der Waals surface area contributed by atoms with Crippen molar-refractivity contribution < 1.29 is 87.3 Å². The predicted molar refractivity (Wildman–Crippen MR) is 292 cm³/mol. The summed E-state index contributed by atoms with van der Waals surface area (Å²) < 4.78 is 103. The highest BCUT2D eigenvalue weighted by Crippen LogP contribution is 2.34. The lowest BCUT2D eigenvalue weighted by Crippen LogP contribution is -2.37. The molecule has 24 nitrogen and oxygen atoms in total. The number of aromatic nitrogens is 3. The van der Waals surface area contributed by atoms with Crippen molar-refractivity contribution in [2.75, 3.05) is 52.2 Å². The van der Waals surface area contributed by atoms with Gasteiger partial charge in [0.2, 0.25) is 17.7 Å². The smallest absolute Gasteiger partial charge is 0.411 e. The lowest BCUT2D eigenvalue weighted by atomic mass is 9.81. The summed E-state index contributed by atoms with van der Waals surface area (Å²) in [4.78, 5) is 72.6. The zero-order valence-corrected chi connectivity index (χ0v) is 47.7. The third kappa shape index (κ3) is 18.2. The molecule has 6 aromatic rings. The zero-order valence-electron chi connectivity index (χ0n) is 44.6. The van der Waals surface area contributed by atoms with Crippen LogP contribution >= 0.6 is 23.2 Å². The first-order chi connectivity index (χ1) is 38.6. The molecule has 0 radical (unpaired) electrons. The summed E-state index contributed by atoms with van der Waals surface area (Å²) >= 11 is 12.3. The summed E-state index contributed by atoms with van der Waals surface area (Å²) in [5.74, 6) is -2.13. The number of anilines is 1. The van der Waals surface area contributed by atoms with Crippen LogP contribution in [0.2, 0.25) is 10.0 Å². The summed E-state index contributed by atoms with van der Waals surface area (Å²) in [7, 11) is -5.40.